The Labute approximate surface area is 57.0 Å². The van der Waals surface area contributed by atoms with E-state index < -0.39 is 0 Å². The molecule has 1 aromatic carbocycles. The first-order valence-corrected chi connectivity index (χ1v) is 3.99. The van der Waals surface area contributed by atoms with Gasteiger partial charge < -0.3 is 0 Å². The predicted octanol–water partition coefficient (Wildman–Crippen LogP) is 2.72. The first kappa shape index (κ1) is 6.55. The summed E-state index contributed by atoms with van der Waals surface area (Å²) in [4.78, 5) is 0. The molecule has 0 saturated heterocycles. The van der Waals surface area contributed by atoms with E-state index in [1.54, 1.807) is 0 Å². The van der Waals surface area contributed by atoms with Gasteiger partial charge in [-0.2, -0.15) is 0 Å². The van der Waals surface area contributed by atoms with Crippen LogP contribution in [-0.4, -0.2) is 0 Å². The summed E-state index contributed by atoms with van der Waals surface area (Å²) in [5.74, 6) is 0. The molecule has 0 bridgehead atoms. The van der Waals surface area contributed by atoms with Crippen LogP contribution in [0.4, 0.5) is 0 Å². The van der Waals surface area contributed by atoms with E-state index in [1.165, 1.54) is 5.56 Å². The van der Waals surface area contributed by atoms with E-state index in [9.17, 15) is 0 Å². The zero-order valence-electron chi connectivity index (χ0n) is 5.12. The summed E-state index contributed by atoms with van der Waals surface area (Å²) in [7, 11) is 0.945. The Morgan fingerprint density at radius 1 is 1.22 bits per heavy atom. The van der Waals surface area contributed by atoms with Crippen LogP contribution in [0.3, 0.4) is 0 Å². The first-order valence-electron chi connectivity index (χ1n) is 2.84. The Hall–Kier alpha value is -0.570. The molecule has 0 spiro atoms. The third-order valence-electron chi connectivity index (χ3n) is 1.12. The zero-order chi connectivity index (χ0) is 6.53. The summed E-state index contributed by atoms with van der Waals surface area (Å²) in [6.45, 7) is 0. The van der Waals surface area contributed by atoms with Crippen molar-refractivity contribution in [1.29, 1.82) is 0 Å². The number of hydrogen-bond acceptors (Lipinski definition) is 0. The van der Waals surface area contributed by atoms with Crippen LogP contribution in [0.5, 0.6) is 0 Å². The fraction of sp³-hybridized carbons (Fsp3) is 0.125. The van der Waals surface area contributed by atoms with Gasteiger partial charge in [0.05, 0.1) is 0 Å². The second-order valence-corrected chi connectivity index (χ2v) is 2.51. The van der Waals surface area contributed by atoms with Crippen molar-refractivity contribution in [3.05, 3.63) is 35.9 Å². The molecular weight excluding hydrogens is 127 g/mol. The fourth-order valence-electron chi connectivity index (χ4n) is 0.689. The summed E-state index contributed by atoms with van der Waals surface area (Å²) in [5, 5.41) is 0. The Balaban J connectivity index is 2.76. The molecule has 0 saturated carbocycles. The Kier molecular flexibility index (Phi) is 2.51. The topological polar surface area (TPSA) is 0 Å². The van der Waals surface area contributed by atoms with Crippen LogP contribution in [0.2, 0.25) is 0 Å². The van der Waals surface area contributed by atoms with Crippen molar-refractivity contribution >= 4 is 8.04 Å². The van der Waals surface area contributed by atoms with Crippen molar-refractivity contribution in [3.63, 3.8) is 0 Å². The molecule has 0 aliphatic carbocycles. The average molecular weight is 135 g/mol. The summed E-state index contributed by atoms with van der Waals surface area (Å²) < 4.78 is 0. The van der Waals surface area contributed by atoms with Gasteiger partial charge in [0.2, 0.25) is 0 Å². The van der Waals surface area contributed by atoms with Crippen molar-refractivity contribution in [2.45, 2.75) is 6.16 Å². The molecule has 0 fully saturated rings. The molecule has 0 aliphatic rings. The summed E-state index contributed by atoms with van der Waals surface area (Å²) in [6, 6.07) is 10.2. The molecule has 1 rings (SSSR count). The molecule has 0 atom stereocenters. The minimum atomic E-state index is 0.945. The second kappa shape index (κ2) is 3.45. The standard InChI is InChI=1S/C8H8P/c1-9-7-8-5-3-2-4-6-8/h1-6H,7H2/q+1. The van der Waals surface area contributed by atoms with E-state index in [2.05, 4.69) is 12.1 Å². The number of rotatable bonds is 1. The van der Waals surface area contributed by atoms with Gasteiger partial charge in [-0.05, 0) is 0 Å². The first-order chi connectivity index (χ1) is 4.43. The quantitative estimate of drug-likeness (QED) is 0.519. The van der Waals surface area contributed by atoms with Crippen molar-refractivity contribution in [2.24, 2.45) is 0 Å². The average Bonchev–Trinajstić information content (AvgIpc) is 1.91. The van der Waals surface area contributed by atoms with E-state index in [0.717, 1.165) is 14.2 Å². The van der Waals surface area contributed by atoms with E-state index in [4.69, 9.17) is 6.13 Å². The molecule has 44 valence electrons. The molecule has 0 aromatic heterocycles. The Morgan fingerprint density at radius 2 is 1.89 bits per heavy atom. The molecule has 0 amide bonds. The van der Waals surface area contributed by atoms with Gasteiger partial charge in [0, 0.05) is 0 Å². The van der Waals surface area contributed by atoms with E-state index in [1.807, 2.05) is 18.2 Å². The van der Waals surface area contributed by atoms with Crippen LogP contribution >= 0.6 is 8.04 Å². The van der Waals surface area contributed by atoms with E-state index in [-0.39, 0.29) is 0 Å². The minimum absolute atomic E-state index is 0.945. The molecule has 0 aliphatic heterocycles. The summed E-state index contributed by atoms with van der Waals surface area (Å²) in [6.07, 6.45) is 6.29. The third kappa shape index (κ3) is 2.01. The van der Waals surface area contributed by atoms with Crippen molar-refractivity contribution in [2.75, 3.05) is 0 Å². The van der Waals surface area contributed by atoms with Gasteiger partial charge in [-0.15, -0.1) is 0 Å². The number of hydrogen-bond donors (Lipinski definition) is 0. The van der Waals surface area contributed by atoms with Gasteiger partial charge in [0.1, 0.15) is 0 Å². The van der Waals surface area contributed by atoms with Crippen molar-refractivity contribution in [3.8, 4) is 6.13 Å². The van der Waals surface area contributed by atoms with Gasteiger partial charge in [0.15, 0.2) is 0 Å². The second-order valence-electron chi connectivity index (χ2n) is 1.83. The molecular formula is C8H8P+. The van der Waals surface area contributed by atoms with Gasteiger partial charge >= 0.3 is 56.2 Å². The summed E-state index contributed by atoms with van der Waals surface area (Å²) >= 11 is 0. The van der Waals surface area contributed by atoms with Crippen LogP contribution in [-0.2, 0) is 6.16 Å². The molecule has 0 N–H and O–H groups in total. The maximum absolute atomic E-state index is 5.33. The molecule has 0 radical (unpaired) electrons. The molecule has 0 heterocycles. The van der Waals surface area contributed by atoms with Crippen LogP contribution < -0.4 is 0 Å². The Bertz CT molecular complexity index is 208. The molecule has 1 aromatic rings. The maximum atomic E-state index is 5.33. The van der Waals surface area contributed by atoms with Gasteiger partial charge in [0.25, 0.3) is 0 Å². The molecule has 1 heteroatoms. The van der Waals surface area contributed by atoms with E-state index in [0.29, 0.717) is 0 Å². The molecule has 0 unspecified atom stereocenters. The fourth-order valence-corrected chi connectivity index (χ4v) is 1.11. The van der Waals surface area contributed by atoms with Crippen LogP contribution in [0.1, 0.15) is 5.56 Å². The zero-order valence-corrected chi connectivity index (χ0v) is 6.01. The van der Waals surface area contributed by atoms with Crippen LogP contribution in [0, 0.1) is 6.13 Å². The SMILES string of the molecule is C#[P+]Cc1ccccc1. The summed E-state index contributed by atoms with van der Waals surface area (Å²) in [5.41, 5.74) is 1.31. The normalized spacial score (nSPS) is 8.78. The van der Waals surface area contributed by atoms with Crippen LogP contribution in [0.25, 0.3) is 0 Å². The van der Waals surface area contributed by atoms with Gasteiger partial charge in [-0.3, -0.25) is 0 Å². The predicted molar refractivity (Wildman–Crippen MR) is 42.0 cm³/mol. The third-order valence-corrected chi connectivity index (χ3v) is 1.66. The monoisotopic (exact) mass is 135 g/mol. The van der Waals surface area contributed by atoms with Crippen molar-refractivity contribution < 1.29 is 0 Å². The molecule has 9 heavy (non-hydrogen) atoms. The van der Waals surface area contributed by atoms with Gasteiger partial charge in [-0.1, -0.05) is 0 Å². The van der Waals surface area contributed by atoms with E-state index >= 15 is 0 Å². The molecule has 0 nitrogen and oxygen atoms in total. The van der Waals surface area contributed by atoms with Crippen LogP contribution in [0.15, 0.2) is 30.3 Å². The number of benzene rings is 1. The van der Waals surface area contributed by atoms with Crippen molar-refractivity contribution in [1.82, 2.24) is 0 Å². The Morgan fingerprint density at radius 3 is 2.44 bits per heavy atom. The van der Waals surface area contributed by atoms with Gasteiger partial charge in [-0.25, -0.2) is 0 Å².